The topological polar surface area (TPSA) is 20.3 Å². The standard InChI is InChI=1S/C26H18F15NO/c1-13-18(15-8-16(22(29,30)31)10-17(9-15)23(32,33)34)42(11-14-6-4-3-5-7-14)19(43)20(13,2)12-21(27,28)24(35,36)25(37,38)26(39,40)41/h3-10H,11-12H2,1-2H3. The van der Waals surface area contributed by atoms with E-state index in [0.29, 0.717) is 18.7 Å². The largest absolute Gasteiger partial charge is 0.460 e. The number of benzene rings is 2. The van der Waals surface area contributed by atoms with E-state index in [1.807, 2.05) is 0 Å². The first kappa shape index (κ1) is 34.1. The molecular formula is C26H18F15NO. The van der Waals surface area contributed by atoms with Crippen LogP contribution in [0.25, 0.3) is 5.70 Å². The van der Waals surface area contributed by atoms with E-state index in [-0.39, 0.29) is 23.8 Å². The lowest BCUT2D eigenvalue weighted by Gasteiger charge is -2.37. The Kier molecular flexibility index (Phi) is 8.21. The average molecular weight is 645 g/mol. The summed E-state index contributed by atoms with van der Waals surface area (Å²) in [5, 5.41) is 0. The summed E-state index contributed by atoms with van der Waals surface area (Å²) in [6.07, 6.45) is -20.7. The third-order valence-electron chi connectivity index (χ3n) is 7.00. The smallest absolute Gasteiger partial charge is 0.307 e. The molecule has 2 aromatic rings. The Morgan fingerprint density at radius 2 is 1.16 bits per heavy atom. The molecule has 1 heterocycles. The normalized spacial score (nSPS) is 19.5. The highest BCUT2D eigenvalue weighted by Gasteiger charge is 2.82. The number of alkyl halides is 15. The molecule has 2 aromatic carbocycles. The molecule has 238 valence electrons. The van der Waals surface area contributed by atoms with E-state index in [9.17, 15) is 70.7 Å². The van der Waals surface area contributed by atoms with Crippen molar-refractivity contribution in [3.05, 3.63) is 76.4 Å². The van der Waals surface area contributed by atoms with Crippen LogP contribution < -0.4 is 0 Å². The molecule has 0 aromatic heterocycles. The summed E-state index contributed by atoms with van der Waals surface area (Å²) < 4.78 is 204. The highest BCUT2D eigenvalue weighted by molar-refractivity contribution is 6.00. The van der Waals surface area contributed by atoms with E-state index in [1.165, 1.54) is 30.3 Å². The molecular weight excluding hydrogens is 627 g/mol. The van der Waals surface area contributed by atoms with Gasteiger partial charge in [0.2, 0.25) is 5.91 Å². The summed E-state index contributed by atoms with van der Waals surface area (Å²) in [6, 6.07) is 6.71. The molecule has 17 heteroatoms. The van der Waals surface area contributed by atoms with Crippen molar-refractivity contribution in [2.24, 2.45) is 5.41 Å². The molecule has 1 atom stereocenters. The molecule has 1 unspecified atom stereocenters. The molecule has 2 nitrogen and oxygen atoms in total. The predicted octanol–water partition coefficient (Wildman–Crippen LogP) is 9.36. The molecule has 1 aliphatic rings. The van der Waals surface area contributed by atoms with Gasteiger partial charge >= 0.3 is 36.3 Å². The third kappa shape index (κ3) is 5.90. The van der Waals surface area contributed by atoms with Crippen LogP contribution in [-0.4, -0.2) is 34.8 Å². The average Bonchev–Trinajstić information content (AvgIpc) is 3.02. The van der Waals surface area contributed by atoms with Crippen molar-refractivity contribution < 1.29 is 70.7 Å². The summed E-state index contributed by atoms with van der Waals surface area (Å²) in [4.78, 5) is 13.9. The summed E-state index contributed by atoms with van der Waals surface area (Å²) in [5.41, 5.74) is -9.62. The Labute approximate surface area is 232 Å². The van der Waals surface area contributed by atoms with E-state index in [1.54, 1.807) is 0 Å². The van der Waals surface area contributed by atoms with Crippen molar-refractivity contribution in [3.63, 3.8) is 0 Å². The van der Waals surface area contributed by atoms with Gasteiger partial charge in [0, 0.05) is 6.42 Å². The number of hydrogen-bond donors (Lipinski definition) is 0. The second kappa shape index (κ2) is 10.4. The summed E-state index contributed by atoms with van der Waals surface area (Å²) in [7, 11) is 0. The maximum absolute atomic E-state index is 14.8. The van der Waals surface area contributed by atoms with Crippen molar-refractivity contribution >= 4 is 11.6 Å². The van der Waals surface area contributed by atoms with Crippen LogP contribution in [0.4, 0.5) is 65.9 Å². The zero-order chi connectivity index (χ0) is 33.2. The van der Waals surface area contributed by atoms with E-state index >= 15 is 0 Å². The lowest BCUT2D eigenvalue weighted by molar-refractivity contribution is -0.398. The molecule has 0 saturated heterocycles. The van der Waals surface area contributed by atoms with Gasteiger partial charge < -0.3 is 4.90 Å². The zero-order valence-electron chi connectivity index (χ0n) is 21.6. The molecule has 0 N–H and O–H groups in total. The molecule has 1 aliphatic heterocycles. The van der Waals surface area contributed by atoms with Crippen molar-refractivity contribution in [2.45, 2.75) is 63.1 Å². The number of nitrogens with zero attached hydrogens (tertiary/aromatic N) is 1. The second-order valence-electron chi connectivity index (χ2n) is 10.0. The first-order valence-corrected chi connectivity index (χ1v) is 11.8. The monoisotopic (exact) mass is 645 g/mol. The van der Waals surface area contributed by atoms with Crippen LogP contribution in [0.5, 0.6) is 0 Å². The SMILES string of the molecule is CC1=C(c2cc(C(F)(F)F)cc(C(F)(F)F)c2)N(Cc2ccccc2)C(=O)C1(C)CC(F)(F)C(F)(F)C(F)(F)C(F)(F)F. The minimum absolute atomic E-state index is 0.106. The van der Waals surface area contributed by atoms with E-state index in [0.717, 1.165) is 0 Å². The Morgan fingerprint density at radius 1 is 0.698 bits per heavy atom. The maximum Gasteiger partial charge on any atom is 0.460 e. The molecule has 1 amide bonds. The molecule has 0 spiro atoms. The number of hydrogen-bond acceptors (Lipinski definition) is 1. The fourth-order valence-electron chi connectivity index (χ4n) is 4.58. The summed E-state index contributed by atoms with van der Waals surface area (Å²) >= 11 is 0. The van der Waals surface area contributed by atoms with Gasteiger partial charge in [-0.3, -0.25) is 4.79 Å². The van der Waals surface area contributed by atoms with Crippen LogP contribution >= 0.6 is 0 Å². The number of halogens is 15. The fourth-order valence-corrected chi connectivity index (χ4v) is 4.58. The van der Waals surface area contributed by atoms with Crippen LogP contribution in [0.2, 0.25) is 0 Å². The predicted molar refractivity (Wildman–Crippen MR) is 120 cm³/mol. The van der Waals surface area contributed by atoms with Gasteiger partial charge in [0.25, 0.3) is 0 Å². The van der Waals surface area contributed by atoms with Crippen LogP contribution in [0, 0.1) is 5.41 Å². The molecule has 0 fully saturated rings. The Balaban J connectivity index is 2.30. The van der Waals surface area contributed by atoms with Gasteiger partial charge in [0.1, 0.15) is 0 Å². The fraction of sp³-hybridized carbons (Fsp3) is 0.423. The molecule has 0 aliphatic carbocycles. The van der Waals surface area contributed by atoms with Crippen molar-refractivity contribution in [3.8, 4) is 0 Å². The first-order valence-electron chi connectivity index (χ1n) is 11.8. The minimum atomic E-state index is -7.30. The molecule has 43 heavy (non-hydrogen) atoms. The zero-order valence-corrected chi connectivity index (χ0v) is 21.6. The summed E-state index contributed by atoms with van der Waals surface area (Å²) in [6.45, 7) is 0.367. The van der Waals surface area contributed by atoms with E-state index < -0.39 is 88.5 Å². The molecule has 0 bridgehead atoms. The number of rotatable bonds is 7. The van der Waals surface area contributed by atoms with Crippen molar-refractivity contribution in [1.82, 2.24) is 4.90 Å². The van der Waals surface area contributed by atoms with Gasteiger partial charge in [0.15, 0.2) is 0 Å². The van der Waals surface area contributed by atoms with Crippen LogP contribution in [0.15, 0.2) is 54.1 Å². The van der Waals surface area contributed by atoms with Crippen LogP contribution in [0.3, 0.4) is 0 Å². The van der Waals surface area contributed by atoms with E-state index in [4.69, 9.17) is 0 Å². The van der Waals surface area contributed by atoms with Gasteiger partial charge in [0.05, 0.1) is 28.8 Å². The highest BCUT2D eigenvalue weighted by Crippen LogP contribution is 2.58. The van der Waals surface area contributed by atoms with Gasteiger partial charge in [-0.05, 0) is 48.7 Å². The Morgan fingerprint density at radius 3 is 1.58 bits per heavy atom. The second-order valence-corrected chi connectivity index (χ2v) is 10.0. The lowest BCUT2D eigenvalue weighted by Crippen LogP contribution is -2.62. The first-order chi connectivity index (χ1) is 19.2. The van der Waals surface area contributed by atoms with Crippen LogP contribution in [0.1, 0.15) is 42.5 Å². The maximum atomic E-state index is 14.8. The van der Waals surface area contributed by atoms with Gasteiger partial charge in [-0.1, -0.05) is 30.3 Å². The lowest BCUT2D eigenvalue weighted by atomic mass is 9.76. The Hall–Kier alpha value is -3.40. The van der Waals surface area contributed by atoms with Crippen molar-refractivity contribution in [2.75, 3.05) is 0 Å². The molecule has 3 rings (SSSR count). The number of carbonyl (C=O) groups excluding carboxylic acids is 1. The quantitative estimate of drug-likeness (QED) is 0.275. The third-order valence-corrected chi connectivity index (χ3v) is 7.00. The molecule has 0 radical (unpaired) electrons. The van der Waals surface area contributed by atoms with E-state index in [2.05, 4.69) is 0 Å². The van der Waals surface area contributed by atoms with Crippen LogP contribution in [-0.2, 0) is 23.7 Å². The minimum Gasteiger partial charge on any atom is -0.307 e. The van der Waals surface area contributed by atoms with Gasteiger partial charge in [-0.2, -0.15) is 65.9 Å². The van der Waals surface area contributed by atoms with Crippen molar-refractivity contribution in [1.29, 1.82) is 0 Å². The number of amides is 1. The Bertz CT molecular complexity index is 1370. The summed E-state index contributed by atoms with van der Waals surface area (Å²) in [5.74, 6) is -22.4. The van der Waals surface area contributed by atoms with Gasteiger partial charge in [-0.25, -0.2) is 0 Å². The highest BCUT2D eigenvalue weighted by atomic mass is 19.4. The molecule has 0 saturated carbocycles. The number of carbonyl (C=O) groups is 1. The van der Waals surface area contributed by atoms with Gasteiger partial charge in [-0.15, -0.1) is 0 Å².